The molecule has 2 N–H and O–H groups in total. The van der Waals surface area contributed by atoms with Crippen LogP contribution in [0.4, 0.5) is 15.2 Å². The third kappa shape index (κ3) is 5.38. The van der Waals surface area contributed by atoms with E-state index < -0.39 is 5.82 Å². The first kappa shape index (κ1) is 19.1. The van der Waals surface area contributed by atoms with Crippen LogP contribution in [-0.4, -0.2) is 23.2 Å². The molecular formula is C18H16ClFN4O2S. The lowest BCUT2D eigenvalue weighted by molar-refractivity contribution is -0.120. The van der Waals surface area contributed by atoms with Gasteiger partial charge in [0, 0.05) is 18.3 Å². The molecule has 0 unspecified atom stereocenters. The molecule has 27 heavy (non-hydrogen) atoms. The first-order chi connectivity index (χ1) is 13.0. The van der Waals surface area contributed by atoms with E-state index in [1.54, 1.807) is 13.2 Å². The SMILES string of the molecule is COc1cccc(Nc2nnc(CC(=O)NCc3ccc(F)c(Cl)c3)s2)c1. The van der Waals surface area contributed by atoms with Crippen molar-refractivity contribution in [1.29, 1.82) is 0 Å². The molecule has 3 rings (SSSR count). The van der Waals surface area contributed by atoms with Gasteiger partial charge in [0.25, 0.3) is 0 Å². The van der Waals surface area contributed by atoms with Crippen molar-refractivity contribution in [1.82, 2.24) is 15.5 Å². The normalized spacial score (nSPS) is 10.5. The molecule has 0 aliphatic heterocycles. The summed E-state index contributed by atoms with van der Waals surface area (Å²) >= 11 is 7.02. The van der Waals surface area contributed by atoms with Crippen LogP contribution in [0.3, 0.4) is 0 Å². The number of anilines is 2. The molecule has 0 bridgehead atoms. The molecule has 1 aromatic heterocycles. The van der Waals surface area contributed by atoms with Gasteiger partial charge in [-0.15, -0.1) is 10.2 Å². The monoisotopic (exact) mass is 406 g/mol. The highest BCUT2D eigenvalue weighted by Gasteiger charge is 2.10. The molecule has 0 fully saturated rings. The van der Waals surface area contributed by atoms with Gasteiger partial charge in [-0.2, -0.15) is 0 Å². The highest BCUT2D eigenvalue weighted by molar-refractivity contribution is 7.15. The molecule has 1 heterocycles. The Balaban J connectivity index is 1.53. The highest BCUT2D eigenvalue weighted by Crippen LogP contribution is 2.24. The number of carbonyl (C=O) groups is 1. The number of carbonyl (C=O) groups excluding carboxylic acids is 1. The minimum absolute atomic E-state index is 0.0270. The maximum Gasteiger partial charge on any atom is 0.227 e. The zero-order chi connectivity index (χ0) is 19.2. The summed E-state index contributed by atoms with van der Waals surface area (Å²) in [6.07, 6.45) is 0.104. The highest BCUT2D eigenvalue weighted by atomic mass is 35.5. The van der Waals surface area contributed by atoms with E-state index in [9.17, 15) is 9.18 Å². The van der Waals surface area contributed by atoms with E-state index in [1.807, 2.05) is 24.3 Å². The maximum atomic E-state index is 13.1. The summed E-state index contributed by atoms with van der Waals surface area (Å²) < 4.78 is 18.3. The summed E-state index contributed by atoms with van der Waals surface area (Å²) in [6.45, 7) is 0.257. The minimum atomic E-state index is -0.489. The number of benzene rings is 2. The molecule has 3 aromatic rings. The number of hydrogen-bond acceptors (Lipinski definition) is 6. The number of nitrogens with zero attached hydrogens (tertiary/aromatic N) is 2. The molecule has 0 radical (unpaired) electrons. The zero-order valence-electron chi connectivity index (χ0n) is 14.3. The van der Waals surface area contributed by atoms with Crippen molar-refractivity contribution in [3.63, 3.8) is 0 Å². The zero-order valence-corrected chi connectivity index (χ0v) is 15.9. The lowest BCUT2D eigenvalue weighted by atomic mass is 10.2. The lowest BCUT2D eigenvalue weighted by Gasteiger charge is -2.05. The predicted molar refractivity (Wildman–Crippen MR) is 103 cm³/mol. The van der Waals surface area contributed by atoms with Crippen molar-refractivity contribution in [3.05, 3.63) is 63.9 Å². The van der Waals surface area contributed by atoms with E-state index >= 15 is 0 Å². The fourth-order valence-electron chi connectivity index (χ4n) is 2.25. The van der Waals surface area contributed by atoms with Crippen molar-refractivity contribution in [3.8, 4) is 5.75 Å². The Labute approximate surface area is 164 Å². The average Bonchev–Trinajstić information content (AvgIpc) is 3.09. The molecule has 6 nitrogen and oxygen atoms in total. The van der Waals surface area contributed by atoms with Crippen LogP contribution in [0.5, 0.6) is 5.75 Å². The number of ether oxygens (including phenoxy) is 1. The van der Waals surface area contributed by atoms with Crippen LogP contribution in [0, 0.1) is 5.82 Å². The molecule has 140 valence electrons. The molecule has 0 atom stereocenters. The number of amides is 1. The minimum Gasteiger partial charge on any atom is -0.497 e. The summed E-state index contributed by atoms with van der Waals surface area (Å²) in [5.41, 5.74) is 1.53. The Bertz CT molecular complexity index is 951. The number of halogens is 2. The van der Waals surface area contributed by atoms with Gasteiger partial charge in [0.05, 0.1) is 18.6 Å². The van der Waals surface area contributed by atoms with Gasteiger partial charge in [-0.1, -0.05) is 35.1 Å². The van der Waals surface area contributed by atoms with Crippen molar-refractivity contribution in [2.75, 3.05) is 12.4 Å². The largest absolute Gasteiger partial charge is 0.497 e. The molecule has 2 aromatic carbocycles. The fraction of sp³-hybridized carbons (Fsp3) is 0.167. The van der Waals surface area contributed by atoms with E-state index in [-0.39, 0.29) is 23.9 Å². The van der Waals surface area contributed by atoms with Crippen LogP contribution < -0.4 is 15.4 Å². The van der Waals surface area contributed by atoms with Crippen molar-refractivity contribution < 1.29 is 13.9 Å². The Morgan fingerprint density at radius 1 is 1.26 bits per heavy atom. The second-order valence-electron chi connectivity index (χ2n) is 5.56. The smallest absolute Gasteiger partial charge is 0.227 e. The Hall–Kier alpha value is -2.71. The summed E-state index contributed by atoms with van der Waals surface area (Å²) in [7, 11) is 1.60. The maximum absolute atomic E-state index is 13.1. The van der Waals surface area contributed by atoms with Crippen LogP contribution in [-0.2, 0) is 17.8 Å². The molecule has 0 saturated carbocycles. The predicted octanol–water partition coefficient (Wildman–Crippen LogP) is 3.94. The first-order valence-electron chi connectivity index (χ1n) is 7.97. The van der Waals surface area contributed by atoms with Crippen LogP contribution in [0.2, 0.25) is 5.02 Å². The van der Waals surface area contributed by atoms with Crippen LogP contribution >= 0.6 is 22.9 Å². The van der Waals surface area contributed by atoms with Gasteiger partial charge in [0.15, 0.2) is 0 Å². The molecular weight excluding hydrogens is 391 g/mol. The molecule has 0 spiro atoms. The molecule has 1 amide bonds. The van der Waals surface area contributed by atoms with Crippen LogP contribution in [0.1, 0.15) is 10.6 Å². The van der Waals surface area contributed by atoms with Crippen LogP contribution in [0.25, 0.3) is 0 Å². The third-order valence-electron chi connectivity index (χ3n) is 3.57. The lowest BCUT2D eigenvalue weighted by Crippen LogP contribution is -2.24. The van der Waals surface area contributed by atoms with Gasteiger partial charge in [-0.25, -0.2) is 4.39 Å². The van der Waals surface area contributed by atoms with Gasteiger partial charge in [0.2, 0.25) is 11.0 Å². The first-order valence-corrected chi connectivity index (χ1v) is 9.17. The van der Waals surface area contributed by atoms with Gasteiger partial charge in [-0.3, -0.25) is 4.79 Å². The second-order valence-corrected chi connectivity index (χ2v) is 7.03. The molecule has 0 aliphatic carbocycles. The van der Waals surface area contributed by atoms with Crippen molar-refractivity contribution in [2.45, 2.75) is 13.0 Å². The van der Waals surface area contributed by atoms with Gasteiger partial charge in [0.1, 0.15) is 16.6 Å². The van der Waals surface area contributed by atoms with E-state index in [0.29, 0.717) is 15.7 Å². The second kappa shape index (κ2) is 8.79. The Morgan fingerprint density at radius 3 is 2.89 bits per heavy atom. The van der Waals surface area contributed by atoms with Gasteiger partial charge in [-0.05, 0) is 29.8 Å². The fourth-order valence-corrected chi connectivity index (χ4v) is 3.21. The molecule has 0 aliphatic rings. The van der Waals surface area contributed by atoms with E-state index in [2.05, 4.69) is 20.8 Å². The summed E-state index contributed by atoms with van der Waals surface area (Å²) in [5.74, 6) is 0.0289. The molecule has 0 saturated heterocycles. The van der Waals surface area contributed by atoms with Crippen molar-refractivity contribution >= 4 is 39.7 Å². The van der Waals surface area contributed by atoms with E-state index in [1.165, 1.54) is 23.5 Å². The summed E-state index contributed by atoms with van der Waals surface area (Å²) in [5, 5.41) is 15.1. The van der Waals surface area contributed by atoms with E-state index in [0.717, 1.165) is 11.4 Å². The number of nitrogens with one attached hydrogen (secondary N) is 2. The quantitative estimate of drug-likeness (QED) is 0.621. The summed E-state index contributed by atoms with van der Waals surface area (Å²) in [4.78, 5) is 12.1. The van der Waals surface area contributed by atoms with Crippen LogP contribution in [0.15, 0.2) is 42.5 Å². The van der Waals surface area contributed by atoms with E-state index in [4.69, 9.17) is 16.3 Å². The number of methoxy groups -OCH3 is 1. The third-order valence-corrected chi connectivity index (χ3v) is 4.70. The van der Waals surface area contributed by atoms with Gasteiger partial charge < -0.3 is 15.4 Å². The topological polar surface area (TPSA) is 76.1 Å². The summed E-state index contributed by atoms with van der Waals surface area (Å²) in [6, 6.07) is 11.7. The average molecular weight is 407 g/mol. The Kier molecular flexibility index (Phi) is 6.20. The number of rotatable bonds is 7. The van der Waals surface area contributed by atoms with Crippen molar-refractivity contribution in [2.24, 2.45) is 0 Å². The Morgan fingerprint density at radius 2 is 2.11 bits per heavy atom. The number of aromatic nitrogens is 2. The standard InChI is InChI=1S/C18H16ClFN4O2S/c1-26-13-4-2-3-12(8-13)22-18-24-23-17(27-18)9-16(25)21-10-11-5-6-15(20)14(19)7-11/h2-8H,9-10H2,1H3,(H,21,25)(H,22,24). The number of hydrogen-bond donors (Lipinski definition) is 2. The van der Waals surface area contributed by atoms with Gasteiger partial charge >= 0.3 is 0 Å². The molecule has 9 heteroatoms.